The van der Waals surface area contributed by atoms with Crippen molar-refractivity contribution in [2.24, 2.45) is 0 Å². The minimum Gasteiger partial charge on any atom is -0.365 e. The molecule has 2 amide bonds. The molecule has 1 aliphatic rings. The molecule has 2 atom stereocenters. The zero-order chi connectivity index (χ0) is 19.7. The van der Waals surface area contributed by atoms with Gasteiger partial charge in [0, 0.05) is 50.0 Å². The van der Waals surface area contributed by atoms with Gasteiger partial charge in [-0.05, 0) is 32.0 Å². The summed E-state index contributed by atoms with van der Waals surface area (Å²) in [6.07, 6.45) is 6.43. The lowest BCUT2D eigenvalue weighted by Gasteiger charge is -2.41. The van der Waals surface area contributed by atoms with Crippen molar-refractivity contribution >= 4 is 17.4 Å². The van der Waals surface area contributed by atoms with Crippen LogP contribution < -0.4 is 10.2 Å². The molecule has 4 rings (SSSR count). The number of imidazole rings is 1. The van der Waals surface area contributed by atoms with E-state index in [9.17, 15) is 9.18 Å². The molecular formula is C20H23FN6O. The first kappa shape index (κ1) is 18.2. The number of amides is 2. The highest BCUT2D eigenvalue weighted by molar-refractivity contribution is 5.75. The molecule has 7 nitrogen and oxygen atoms in total. The lowest BCUT2D eigenvalue weighted by Crippen LogP contribution is -2.57. The van der Waals surface area contributed by atoms with E-state index in [0.29, 0.717) is 25.3 Å². The summed E-state index contributed by atoms with van der Waals surface area (Å²) in [5, 5.41) is 3.08. The number of carbonyl (C=O) groups is 1. The Kier molecular flexibility index (Phi) is 4.85. The number of nitrogens with one attached hydrogen (secondary N) is 1. The van der Waals surface area contributed by atoms with Crippen LogP contribution >= 0.6 is 0 Å². The molecule has 0 aromatic carbocycles. The lowest BCUT2D eigenvalue weighted by atomic mass is 10.1. The van der Waals surface area contributed by atoms with E-state index in [0.717, 1.165) is 11.3 Å². The molecule has 4 heterocycles. The Morgan fingerprint density at radius 3 is 2.93 bits per heavy atom. The second kappa shape index (κ2) is 7.46. The maximum Gasteiger partial charge on any atom is 0.318 e. The van der Waals surface area contributed by atoms with Gasteiger partial charge in [-0.25, -0.2) is 14.2 Å². The second-order valence-electron chi connectivity index (χ2n) is 7.09. The van der Waals surface area contributed by atoms with Gasteiger partial charge in [0.2, 0.25) is 0 Å². The number of hydrogen-bond acceptors (Lipinski definition) is 4. The molecule has 0 aliphatic carbocycles. The topological polar surface area (TPSA) is 65.8 Å². The van der Waals surface area contributed by atoms with Crippen LogP contribution in [0.25, 0.3) is 5.65 Å². The Labute approximate surface area is 162 Å². The number of fused-ring (bicyclic) bond motifs is 1. The zero-order valence-corrected chi connectivity index (χ0v) is 15.9. The van der Waals surface area contributed by atoms with Crippen molar-refractivity contribution in [3.05, 3.63) is 60.6 Å². The predicted molar refractivity (Wildman–Crippen MR) is 105 cm³/mol. The number of nitrogens with zero attached hydrogens (tertiary/aromatic N) is 5. The normalized spacial score (nSPS) is 18.3. The predicted octanol–water partition coefficient (Wildman–Crippen LogP) is 2.85. The van der Waals surface area contributed by atoms with Crippen LogP contribution in [0.15, 0.2) is 49.1 Å². The number of piperazine rings is 1. The van der Waals surface area contributed by atoms with Crippen LogP contribution in [-0.2, 0) is 0 Å². The molecule has 28 heavy (non-hydrogen) atoms. The van der Waals surface area contributed by atoms with Gasteiger partial charge < -0.3 is 19.5 Å². The second-order valence-corrected chi connectivity index (χ2v) is 7.09. The van der Waals surface area contributed by atoms with Crippen molar-refractivity contribution in [1.29, 1.82) is 0 Å². The third-order valence-electron chi connectivity index (χ3n) is 5.22. The van der Waals surface area contributed by atoms with Crippen LogP contribution in [0.1, 0.15) is 25.6 Å². The van der Waals surface area contributed by atoms with Gasteiger partial charge in [0.15, 0.2) is 5.82 Å². The summed E-state index contributed by atoms with van der Waals surface area (Å²) in [7, 11) is 0. The monoisotopic (exact) mass is 382 g/mol. The molecule has 3 aromatic rings. The van der Waals surface area contributed by atoms with Gasteiger partial charge in [-0.2, -0.15) is 0 Å². The molecule has 0 spiro atoms. The molecule has 1 aliphatic heterocycles. The first-order valence-electron chi connectivity index (χ1n) is 9.38. The quantitative estimate of drug-likeness (QED) is 0.757. The van der Waals surface area contributed by atoms with E-state index in [1.54, 1.807) is 23.4 Å². The SMILES string of the molecule is C[C@@H]1CN(c2ccncc2F)CCN1C(=O)N[C@H](C)c1cccc2nccn12. The average molecular weight is 382 g/mol. The molecule has 0 radical (unpaired) electrons. The third kappa shape index (κ3) is 3.37. The maximum absolute atomic E-state index is 14.0. The van der Waals surface area contributed by atoms with Crippen LogP contribution in [0.4, 0.5) is 14.9 Å². The fourth-order valence-electron chi connectivity index (χ4n) is 3.77. The third-order valence-corrected chi connectivity index (χ3v) is 5.22. The first-order chi connectivity index (χ1) is 13.5. The van der Waals surface area contributed by atoms with Crippen molar-refractivity contribution < 1.29 is 9.18 Å². The first-order valence-corrected chi connectivity index (χ1v) is 9.38. The molecule has 1 fully saturated rings. The highest BCUT2D eigenvalue weighted by atomic mass is 19.1. The van der Waals surface area contributed by atoms with Gasteiger partial charge in [-0.3, -0.25) is 4.98 Å². The molecule has 1 N–H and O–H groups in total. The summed E-state index contributed by atoms with van der Waals surface area (Å²) >= 11 is 0. The van der Waals surface area contributed by atoms with Crippen molar-refractivity contribution in [2.45, 2.75) is 25.9 Å². The summed E-state index contributed by atoms with van der Waals surface area (Å²) < 4.78 is 16.0. The maximum atomic E-state index is 14.0. The number of hydrogen-bond donors (Lipinski definition) is 1. The minimum atomic E-state index is -0.338. The van der Waals surface area contributed by atoms with E-state index in [4.69, 9.17) is 0 Å². The van der Waals surface area contributed by atoms with E-state index >= 15 is 0 Å². The van der Waals surface area contributed by atoms with Crippen molar-refractivity contribution in [3.8, 4) is 0 Å². The summed E-state index contributed by atoms with van der Waals surface area (Å²) in [5.41, 5.74) is 2.34. The Hall–Kier alpha value is -3.16. The van der Waals surface area contributed by atoms with Gasteiger partial charge in [0.1, 0.15) is 5.65 Å². The molecule has 0 bridgehead atoms. The Bertz CT molecular complexity index is 989. The van der Waals surface area contributed by atoms with Crippen molar-refractivity contribution in [1.82, 2.24) is 24.6 Å². The van der Waals surface area contributed by atoms with E-state index in [-0.39, 0.29) is 23.9 Å². The fraction of sp³-hybridized carbons (Fsp3) is 0.350. The van der Waals surface area contributed by atoms with Gasteiger partial charge in [-0.15, -0.1) is 0 Å². The number of aromatic nitrogens is 3. The van der Waals surface area contributed by atoms with Crippen LogP contribution in [0, 0.1) is 5.82 Å². The summed E-state index contributed by atoms with van der Waals surface area (Å²) in [6, 6.07) is 7.18. The highest BCUT2D eigenvalue weighted by Crippen LogP contribution is 2.22. The molecule has 3 aromatic heterocycles. The minimum absolute atomic E-state index is 0.0439. The highest BCUT2D eigenvalue weighted by Gasteiger charge is 2.29. The van der Waals surface area contributed by atoms with Gasteiger partial charge in [0.05, 0.1) is 17.9 Å². The van der Waals surface area contributed by atoms with E-state index in [1.165, 1.54) is 6.20 Å². The van der Waals surface area contributed by atoms with E-state index in [2.05, 4.69) is 15.3 Å². The van der Waals surface area contributed by atoms with E-state index < -0.39 is 0 Å². The van der Waals surface area contributed by atoms with Gasteiger partial charge in [0.25, 0.3) is 0 Å². The summed E-state index contributed by atoms with van der Waals surface area (Å²) in [6.45, 7) is 5.60. The van der Waals surface area contributed by atoms with Crippen LogP contribution in [0.5, 0.6) is 0 Å². The van der Waals surface area contributed by atoms with Crippen molar-refractivity contribution in [2.75, 3.05) is 24.5 Å². The van der Waals surface area contributed by atoms with E-state index in [1.807, 2.05) is 47.5 Å². The molecule has 0 saturated carbocycles. The largest absolute Gasteiger partial charge is 0.365 e. The smallest absolute Gasteiger partial charge is 0.318 e. The number of pyridine rings is 2. The standard InChI is InChI=1S/C20H23FN6O/c1-14-13-25(18-6-7-22-12-16(18)21)10-11-26(14)20(28)24-15(2)17-4-3-5-19-23-8-9-27(17)19/h3-9,12,14-15H,10-11,13H2,1-2H3,(H,24,28)/t14-,15-/m1/s1. The Morgan fingerprint density at radius 2 is 2.14 bits per heavy atom. The summed E-state index contributed by atoms with van der Waals surface area (Å²) in [5.74, 6) is -0.338. The number of anilines is 1. The number of urea groups is 1. The van der Waals surface area contributed by atoms with Gasteiger partial charge in [-0.1, -0.05) is 6.07 Å². The number of carbonyl (C=O) groups excluding carboxylic acids is 1. The average Bonchev–Trinajstić information content (AvgIpc) is 3.17. The molecular weight excluding hydrogens is 359 g/mol. The van der Waals surface area contributed by atoms with Crippen molar-refractivity contribution in [3.63, 3.8) is 0 Å². The molecule has 146 valence electrons. The van der Waals surface area contributed by atoms with Crippen LogP contribution in [0.3, 0.4) is 0 Å². The Balaban J connectivity index is 1.43. The van der Waals surface area contributed by atoms with Crippen LogP contribution in [-0.4, -0.2) is 51.0 Å². The van der Waals surface area contributed by atoms with Gasteiger partial charge >= 0.3 is 6.03 Å². The zero-order valence-electron chi connectivity index (χ0n) is 15.9. The molecule has 1 saturated heterocycles. The Morgan fingerprint density at radius 1 is 1.29 bits per heavy atom. The molecule has 0 unspecified atom stereocenters. The summed E-state index contributed by atoms with van der Waals surface area (Å²) in [4.78, 5) is 24.7. The molecule has 8 heteroatoms. The number of rotatable bonds is 3. The number of halogens is 1. The fourth-order valence-corrected chi connectivity index (χ4v) is 3.77. The van der Waals surface area contributed by atoms with Crippen LogP contribution in [0.2, 0.25) is 0 Å². The lowest BCUT2D eigenvalue weighted by molar-refractivity contribution is 0.168.